The Morgan fingerprint density at radius 1 is 1.16 bits per heavy atom. The molecule has 1 amide bonds. The van der Waals surface area contributed by atoms with Crippen LogP contribution in [0.4, 0.5) is 20.2 Å². The summed E-state index contributed by atoms with van der Waals surface area (Å²) >= 11 is 0. The Hall–Kier alpha value is -2.43. The number of amides is 1. The minimum absolute atomic E-state index is 0.158. The van der Waals surface area contributed by atoms with Gasteiger partial charge in [-0.25, -0.2) is 8.78 Å². The zero-order chi connectivity index (χ0) is 14.0. The maximum absolute atomic E-state index is 13.3. The Balaban J connectivity index is 2.22. The maximum Gasteiger partial charge on any atom is 0.255 e. The Morgan fingerprint density at radius 3 is 2.53 bits per heavy atom. The quantitative estimate of drug-likeness (QED) is 0.817. The van der Waals surface area contributed by atoms with Crippen molar-refractivity contribution in [2.45, 2.75) is 6.92 Å². The van der Waals surface area contributed by atoms with Gasteiger partial charge in [0.1, 0.15) is 11.6 Å². The van der Waals surface area contributed by atoms with Crippen LogP contribution in [0.2, 0.25) is 0 Å². The Labute approximate surface area is 109 Å². The topological polar surface area (TPSA) is 55.1 Å². The summed E-state index contributed by atoms with van der Waals surface area (Å²) < 4.78 is 26.5. The number of nitrogen functional groups attached to an aromatic ring is 1. The molecular formula is C14H12F2N2O. The molecule has 0 aliphatic carbocycles. The van der Waals surface area contributed by atoms with Crippen molar-refractivity contribution in [3.8, 4) is 0 Å². The average Bonchev–Trinajstić information content (AvgIpc) is 2.31. The van der Waals surface area contributed by atoms with Crippen LogP contribution >= 0.6 is 0 Å². The number of rotatable bonds is 2. The molecule has 0 aliphatic rings. The predicted molar refractivity (Wildman–Crippen MR) is 69.9 cm³/mol. The van der Waals surface area contributed by atoms with Gasteiger partial charge in [0.2, 0.25) is 0 Å². The van der Waals surface area contributed by atoms with E-state index in [9.17, 15) is 13.6 Å². The molecule has 2 rings (SSSR count). The lowest BCUT2D eigenvalue weighted by molar-refractivity contribution is 0.102. The summed E-state index contributed by atoms with van der Waals surface area (Å²) in [6, 6.07) is 7.83. The second-order valence-corrected chi connectivity index (χ2v) is 4.19. The number of hydrogen-bond acceptors (Lipinski definition) is 2. The van der Waals surface area contributed by atoms with Crippen molar-refractivity contribution >= 4 is 17.3 Å². The van der Waals surface area contributed by atoms with E-state index in [2.05, 4.69) is 5.32 Å². The van der Waals surface area contributed by atoms with Crippen LogP contribution in [0, 0.1) is 18.6 Å². The fourth-order valence-electron chi connectivity index (χ4n) is 1.62. The van der Waals surface area contributed by atoms with Crippen molar-refractivity contribution < 1.29 is 13.6 Å². The van der Waals surface area contributed by atoms with E-state index in [4.69, 9.17) is 5.73 Å². The first-order chi connectivity index (χ1) is 8.95. The summed E-state index contributed by atoms with van der Waals surface area (Å²) in [5.41, 5.74) is 6.50. The van der Waals surface area contributed by atoms with Gasteiger partial charge in [0, 0.05) is 16.9 Å². The highest BCUT2D eigenvalue weighted by Gasteiger charge is 2.09. The molecule has 0 saturated heterocycles. The summed E-state index contributed by atoms with van der Waals surface area (Å²) in [5, 5.41) is 2.46. The zero-order valence-corrected chi connectivity index (χ0v) is 10.2. The first kappa shape index (κ1) is 13.0. The summed E-state index contributed by atoms with van der Waals surface area (Å²) in [4.78, 5) is 11.9. The predicted octanol–water partition coefficient (Wildman–Crippen LogP) is 3.11. The smallest absolute Gasteiger partial charge is 0.255 e. The lowest BCUT2D eigenvalue weighted by Crippen LogP contribution is -2.12. The van der Waals surface area contributed by atoms with Gasteiger partial charge in [-0.15, -0.1) is 0 Å². The van der Waals surface area contributed by atoms with Gasteiger partial charge >= 0.3 is 0 Å². The third kappa shape index (κ3) is 3.07. The normalized spacial score (nSPS) is 10.3. The molecule has 0 atom stereocenters. The van der Waals surface area contributed by atoms with Crippen molar-refractivity contribution in [3.05, 3.63) is 59.2 Å². The van der Waals surface area contributed by atoms with Crippen LogP contribution in [0.15, 0.2) is 36.4 Å². The summed E-state index contributed by atoms with van der Waals surface area (Å²) in [6.07, 6.45) is 0. The largest absolute Gasteiger partial charge is 0.399 e. The summed E-state index contributed by atoms with van der Waals surface area (Å²) in [5.74, 6) is -1.54. The van der Waals surface area contributed by atoms with Gasteiger partial charge in [0.25, 0.3) is 5.91 Å². The average molecular weight is 262 g/mol. The van der Waals surface area contributed by atoms with E-state index < -0.39 is 17.5 Å². The molecule has 0 saturated carbocycles. The highest BCUT2D eigenvalue weighted by atomic mass is 19.1. The number of carbonyl (C=O) groups is 1. The Kier molecular flexibility index (Phi) is 3.46. The minimum Gasteiger partial charge on any atom is -0.399 e. The SMILES string of the molecule is Cc1ccc(C(=O)Nc2cc(N)cc(F)c2)cc1F. The number of carbonyl (C=O) groups excluding carboxylic acids is 1. The molecule has 0 unspecified atom stereocenters. The molecule has 2 aromatic rings. The minimum atomic E-state index is -0.551. The van der Waals surface area contributed by atoms with E-state index in [-0.39, 0.29) is 16.9 Å². The van der Waals surface area contributed by atoms with Crippen LogP contribution in [-0.2, 0) is 0 Å². The fraction of sp³-hybridized carbons (Fsp3) is 0.0714. The molecule has 98 valence electrons. The van der Waals surface area contributed by atoms with Crippen molar-refractivity contribution in [1.29, 1.82) is 0 Å². The van der Waals surface area contributed by atoms with Crippen molar-refractivity contribution in [1.82, 2.24) is 0 Å². The highest BCUT2D eigenvalue weighted by Crippen LogP contribution is 2.17. The van der Waals surface area contributed by atoms with Crippen LogP contribution in [0.5, 0.6) is 0 Å². The number of anilines is 2. The molecule has 3 nitrogen and oxygen atoms in total. The molecule has 5 heteroatoms. The van der Waals surface area contributed by atoms with Crippen LogP contribution in [0.3, 0.4) is 0 Å². The molecule has 0 bridgehead atoms. The molecule has 0 spiro atoms. The van der Waals surface area contributed by atoms with E-state index in [1.54, 1.807) is 6.92 Å². The van der Waals surface area contributed by atoms with E-state index in [1.807, 2.05) is 0 Å². The number of hydrogen-bond donors (Lipinski definition) is 2. The lowest BCUT2D eigenvalue weighted by Gasteiger charge is -2.07. The van der Waals surface area contributed by atoms with Gasteiger partial charge in [0.15, 0.2) is 0 Å². The van der Waals surface area contributed by atoms with Gasteiger partial charge in [-0.1, -0.05) is 6.07 Å². The molecule has 0 aliphatic heterocycles. The summed E-state index contributed by atoms with van der Waals surface area (Å²) in [7, 11) is 0. The zero-order valence-electron chi connectivity index (χ0n) is 10.2. The second kappa shape index (κ2) is 5.06. The van der Waals surface area contributed by atoms with Crippen molar-refractivity contribution in [2.75, 3.05) is 11.1 Å². The second-order valence-electron chi connectivity index (χ2n) is 4.19. The lowest BCUT2D eigenvalue weighted by atomic mass is 10.1. The van der Waals surface area contributed by atoms with Gasteiger partial charge < -0.3 is 11.1 Å². The number of benzene rings is 2. The van der Waals surface area contributed by atoms with Gasteiger partial charge in [-0.3, -0.25) is 4.79 Å². The maximum atomic E-state index is 13.3. The molecule has 3 N–H and O–H groups in total. The van der Waals surface area contributed by atoms with Gasteiger partial charge in [0.05, 0.1) is 0 Å². The van der Waals surface area contributed by atoms with E-state index in [1.165, 1.54) is 18.2 Å². The number of aryl methyl sites for hydroxylation is 1. The Morgan fingerprint density at radius 2 is 1.89 bits per heavy atom. The van der Waals surface area contributed by atoms with Crippen LogP contribution < -0.4 is 11.1 Å². The van der Waals surface area contributed by atoms with E-state index in [0.29, 0.717) is 5.56 Å². The number of nitrogens with one attached hydrogen (secondary N) is 1. The highest BCUT2D eigenvalue weighted by molar-refractivity contribution is 6.04. The standard InChI is InChI=1S/C14H12F2N2O/c1-8-2-3-9(4-13(8)16)14(19)18-12-6-10(15)5-11(17)7-12/h2-7H,17H2,1H3,(H,18,19). The van der Waals surface area contributed by atoms with Gasteiger partial charge in [-0.2, -0.15) is 0 Å². The van der Waals surface area contributed by atoms with Crippen molar-refractivity contribution in [3.63, 3.8) is 0 Å². The fourth-order valence-corrected chi connectivity index (χ4v) is 1.62. The Bertz CT molecular complexity index is 621. The summed E-state index contributed by atoms with van der Waals surface area (Å²) in [6.45, 7) is 1.60. The number of halogens is 2. The van der Waals surface area contributed by atoms with Crippen LogP contribution in [0.1, 0.15) is 15.9 Å². The number of nitrogens with two attached hydrogens (primary N) is 1. The molecule has 19 heavy (non-hydrogen) atoms. The van der Waals surface area contributed by atoms with Gasteiger partial charge in [-0.05, 0) is 42.8 Å². The molecule has 0 fully saturated rings. The molecule has 0 radical (unpaired) electrons. The molecular weight excluding hydrogens is 250 g/mol. The van der Waals surface area contributed by atoms with Crippen LogP contribution in [-0.4, -0.2) is 5.91 Å². The molecule has 0 aromatic heterocycles. The monoisotopic (exact) mass is 262 g/mol. The third-order valence-electron chi connectivity index (χ3n) is 2.61. The van der Waals surface area contributed by atoms with Crippen molar-refractivity contribution in [2.24, 2.45) is 0 Å². The van der Waals surface area contributed by atoms with E-state index in [0.717, 1.165) is 18.2 Å². The van der Waals surface area contributed by atoms with Crippen LogP contribution in [0.25, 0.3) is 0 Å². The third-order valence-corrected chi connectivity index (χ3v) is 2.61. The first-order valence-electron chi connectivity index (χ1n) is 5.59. The molecule has 0 heterocycles. The first-order valence-corrected chi connectivity index (χ1v) is 5.59. The molecule has 2 aromatic carbocycles. The van der Waals surface area contributed by atoms with E-state index >= 15 is 0 Å².